The molecule has 0 atom stereocenters. The summed E-state index contributed by atoms with van der Waals surface area (Å²) in [7, 11) is -8.91. The van der Waals surface area contributed by atoms with Gasteiger partial charge in [-0.25, -0.2) is 4.79 Å². The summed E-state index contributed by atoms with van der Waals surface area (Å²) in [4.78, 5) is 11.7. The molecule has 4 rings (SSSR count). The van der Waals surface area contributed by atoms with Gasteiger partial charge in [-0.05, 0) is 64.7 Å². The number of urea groups is 1. The summed E-state index contributed by atoms with van der Waals surface area (Å²) < 4.78 is 63.9. The van der Waals surface area contributed by atoms with E-state index in [1.165, 1.54) is 42.5 Å². The molecule has 170 valence electrons. The van der Waals surface area contributed by atoms with Gasteiger partial charge in [-0.2, -0.15) is 16.8 Å². The van der Waals surface area contributed by atoms with Crippen molar-refractivity contribution < 1.29 is 35.8 Å². The molecule has 0 fully saturated rings. The quantitative estimate of drug-likeness (QED) is 0.270. The summed E-state index contributed by atoms with van der Waals surface area (Å²) >= 11 is 0. The molecule has 0 heterocycles. The van der Waals surface area contributed by atoms with Crippen LogP contribution in [0, 0.1) is 0 Å². The fourth-order valence-electron chi connectivity index (χ4n) is 3.31. The number of aromatic hydroxyl groups is 1. The Hall–Kier alpha value is -3.71. The Labute approximate surface area is 188 Å². The summed E-state index contributed by atoms with van der Waals surface area (Å²) in [6, 6.07) is 14.7. The van der Waals surface area contributed by atoms with Crippen LogP contribution in [0.2, 0.25) is 0 Å². The lowest BCUT2D eigenvalue weighted by Gasteiger charge is -2.11. The SMILES string of the molecule is O=C(Nc1ccc2ccc(S(=O)(=O)O)cc2c1)Nc1ccc2c(O)cc(S(=O)(=O)O)cc2c1. The number of phenols is 1. The summed E-state index contributed by atoms with van der Waals surface area (Å²) in [5.41, 5.74) is 0.626. The zero-order valence-corrected chi connectivity index (χ0v) is 18.2. The molecule has 2 amide bonds. The number of hydrogen-bond acceptors (Lipinski definition) is 6. The molecule has 0 aliphatic carbocycles. The van der Waals surface area contributed by atoms with Crippen molar-refractivity contribution >= 4 is 59.2 Å². The second-order valence-corrected chi connectivity index (χ2v) is 9.97. The van der Waals surface area contributed by atoms with E-state index >= 15 is 0 Å². The van der Waals surface area contributed by atoms with Crippen LogP contribution in [-0.2, 0) is 20.2 Å². The first-order valence-corrected chi connectivity index (χ1v) is 12.1. The number of phenolic OH excluding ortho intramolecular Hbond substituents is 1. The summed E-state index contributed by atoms with van der Waals surface area (Å²) in [6.07, 6.45) is 0. The van der Waals surface area contributed by atoms with Crippen LogP contribution in [0.15, 0.2) is 76.5 Å². The summed E-state index contributed by atoms with van der Waals surface area (Å²) in [6.45, 7) is 0. The fourth-order valence-corrected chi connectivity index (χ4v) is 4.36. The number of anilines is 2. The Balaban J connectivity index is 1.58. The first-order chi connectivity index (χ1) is 15.4. The molecule has 0 unspecified atom stereocenters. The van der Waals surface area contributed by atoms with Crippen LogP contribution >= 0.6 is 0 Å². The third-order valence-corrected chi connectivity index (χ3v) is 6.51. The van der Waals surface area contributed by atoms with Crippen LogP contribution < -0.4 is 10.6 Å². The first-order valence-electron chi connectivity index (χ1n) is 9.24. The van der Waals surface area contributed by atoms with Gasteiger partial charge in [0.1, 0.15) is 5.75 Å². The molecule has 4 aromatic rings. The molecule has 0 saturated heterocycles. The smallest absolute Gasteiger partial charge is 0.323 e. The monoisotopic (exact) mass is 488 g/mol. The number of rotatable bonds is 4. The molecule has 0 spiro atoms. The summed E-state index contributed by atoms with van der Waals surface area (Å²) in [5, 5.41) is 16.9. The molecule has 10 nitrogen and oxygen atoms in total. The second-order valence-electron chi connectivity index (χ2n) is 7.13. The highest BCUT2D eigenvalue weighted by Crippen LogP contribution is 2.31. The highest BCUT2D eigenvalue weighted by Gasteiger charge is 2.14. The van der Waals surface area contributed by atoms with Gasteiger partial charge in [0.25, 0.3) is 20.2 Å². The third-order valence-electron chi connectivity index (χ3n) is 4.83. The van der Waals surface area contributed by atoms with Crippen molar-refractivity contribution in [2.75, 3.05) is 10.6 Å². The van der Waals surface area contributed by atoms with E-state index in [2.05, 4.69) is 10.6 Å². The average Bonchev–Trinajstić information content (AvgIpc) is 2.71. The van der Waals surface area contributed by atoms with Crippen LogP contribution in [0.3, 0.4) is 0 Å². The summed E-state index contributed by atoms with van der Waals surface area (Å²) in [5.74, 6) is -0.350. The molecule has 0 aromatic heterocycles. The van der Waals surface area contributed by atoms with E-state index in [9.17, 15) is 35.8 Å². The minimum atomic E-state index is -4.54. The highest BCUT2D eigenvalue weighted by molar-refractivity contribution is 7.86. The van der Waals surface area contributed by atoms with Gasteiger partial charge in [0, 0.05) is 22.8 Å². The van der Waals surface area contributed by atoms with Gasteiger partial charge in [0.05, 0.1) is 9.79 Å². The van der Waals surface area contributed by atoms with Gasteiger partial charge in [0.2, 0.25) is 0 Å². The molecule has 0 aliphatic heterocycles. The van der Waals surface area contributed by atoms with Crippen molar-refractivity contribution in [1.29, 1.82) is 0 Å². The number of carbonyl (C=O) groups excluding carboxylic acids is 1. The third kappa shape index (κ3) is 4.88. The number of amides is 2. The Kier molecular flexibility index (Phi) is 5.46. The van der Waals surface area contributed by atoms with E-state index in [0.29, 0.717) is 21.8 Å². The van der Waals surface area contributed by atoms with E-state index in [0.717, 1.165) is 12.1 Å². The lowest BCUT2D eigenvalue weighted by molar-refractivity contribution is 0.262. The van der Waals surface area contributed by atoms with E-state index in [4.69, 9.17) is 0 Å². The van der Waals surface area contributed by atoms with E-state index in [1.54, 1.807) is 12.1 Å². The Morgan fingerprint density at radius 1 is 0.636 bits per heavy atom. The maximum absolute atomic E-state index is 12.4. The van der Waals surface area contributed by atoms with Gasteiger partial charge >= 0.3 is 6.03 Å². The highest BCUT2D eigenvalue weighted by atomic mass is 32.2. The molecule has 0 aliphatic rings. The van der Waals surface area contributed by atoms with E-state index in [-0.39, 0.29) is 21.7 Å². The van der Waals surface area contributed by atoms with Gasteiger partial charge < -0.3 is 15.7 Å². The number of carbonyl (C=O) groups is 1. The van der Waals surface area contributed by atoms with Crippen LogP contribution in [0.4, 0.5) is 16.2 Å². The minimum Gasteiger partial charge on any atom is -0.507 e. The lowest BCUT2D eigenvalue weighted by Crippen LogP contribution is -2.19. The predicted molar refractivity (Wildman–Crippen MR) is 122 cm³/mol. The molecule has 4 aromatic carbocycles. The molecule has 33 heavy (non-hydrogen) atoms. The maximum atomic E-state index is 12.4. The van der Waals surface area contributed by atoms with Crippen molar-refractivity contribution in [1.82, 2.24) is 0 Å². The normalized spacial score (nSPS) is 12.1. The van der Waals surface area contributed by atoms with E-state index < -0.39 is 31.2 Å². The molecule has 5 N–H and O–H groups in total. The largest absolute Gasteiger partial charge is 0.507 e. The number of fused-ring (bicyclic) bond motifs is 2. The van der Waals surface area contributed by atoms with Gasteiger partial charge in [0.15, 0.2) is 0 Å². The minimum absolute atomic E-state index is 0.267. The zero-order chi connectivity index (χ0) is 24.0. The fraction of sp³-hybridized carbons (Fsp3) is 0. The molecule has 0 saturated carbocycles. The van der Waals surface area contributed by atoms with Crippen molar-refractivity contribution in [3.8, 4) is 5.75 Å². The lowest BCUT2D eigenvalue weighted by atomic mass is 10.1. The Morgan fingerprint density at radius 3 is 1.82 bits per heavy atom. The van der Waals surface area contributed by atoms with Gasteiger partial charge in [-0.1, -0.05) is 12.1 Å². The predicted octanol–water partition coefficient (Wildman–Crippen LogP) is 3.84. The Morgan fingerprint density at radius 2 is 1.18 bits per heavy atom. The first kappa shape index (κ1) is 22.5. The zero-order valence-electron chi connectivity index (χ0n) is 16.6. The van der Waals surface area contributed by atoms with Crippen LogP contribution in [-0.4, -0.2) is 37.1 Å². The molecular formula is C21H16N2O8S2. The molecule has 12 heteroatoms. The number of nitrogens with one attached hydrogen (secondary N) is 2. The maximum Gasteiger partial charge on any atom is 0.323 e. The van der Waals surface area contributed by atoms with E-state index in [1.807, 2.05) is 0 Å². The topological polar surface area (TPSA) is 170 Å². The average molecular weight is 488 g/mol. The van der Waals surface area contributed by atoms with Crippen LogP contribution in [0.25, 0.3) is 21.5 Å². The molecular weight excluding hydrogens is 472 g/mol. The van der Waals surface area contributed by atoms with Crippen molar-refractivity contribution in [2.24, 2.45) is 0 Å². The van der Waals surface area contributed by atoms with Crippen LogP contribution in [0.1, 0.15) is 0 Å². The Bertz CT molecular complexity index is 1650. The van der Waals surface area contributed by atoms with Gasteiger partial charge in [-0.3, -0.25) is 9.11 Å². The van der Waals surface area contributed by atoms with Gasteiger partial charge in [-0.15, -0.1) is 0 Å². The second kappa shape index (κ2) is 8.01. The molecule has 0 bridgehead atoms. The van der Waals surface area contributed by atoms with Crippen molar-refractivity contribution in [2.45, 2.75) is 9.79 Å². The molecule has 0 radical (unpaired) electrons. The number of benzene rings is 4. The standard InChI is InChI=1S/C21H16N2O8S2/c24-20-11-18(33(29,30)31)10-14-8-16(4-6-19(14)20)23-21(25)22-15-3-1-12-2-5-17(32(26,27)28)9-13(12)7-15/h1-11,24H,(H2,22,23,25)(H,26,27,28)(H,29,30,31). The van der Waals surface area contributed by atoms with Crippen LogP contribution in [0.5, 0.6) is 5.75 Å². The van der Waals surface area contributed by atoms with Crippen molar-refractivity contribution in [3.05, 3.63) is 66.7 Å². The number of hydrogen-bond donors (Lipinski definition) is 5. The van der Waals surface area contributed by atoms with Crippen molar-refractivity contribution in [3.63, 3.8) is 0 Å².